The van der Waals surface area contributed by atoms with Gasteiger partial charge in [-0.3, -0.25) is 19.3 Å². The van der Waals surface area contributed by atoms with Gasteiger partial charge in [0, 0.05) is 36.1 Å². The number of fused-ring (bicyclic) bond motifs is 1. The van der Waals surface area contributed by atoms with E-state index >= 15 is 0 Å². The van der Waals surface area contributed by atoms with E-state index < -0.39 is 6.04 Å². The molecular weight excluding hydrogens is 270 g/mol. The van der Waals surface area contributed by atoms with Crippen molar-refractivity contribution in [2.24, 2.45) is 0 Å². The van der Waals surface area contributed by atoms with Crippen molar-refractivity contribution in [2.45, 2.75) is 18.9 Å². The van der Waals surface area contributed by atoms with E-state index in [1.54, 1.807) is 18.3 Å². The summed E-state index contributed by atoms with van der Waals surface area (Å²) in [6, 6.07) is 6.56. The second-order valence-electron chi connectivity index (χ2n) is 5.10. The maximum atomic E-state index is 12.4. The topological polar surface area (TPSA) is 82.3 Å². The number of nitrogens with one attached hydrogen (secondary N) is 2. The fourth-order valence-corrected chi connectivity index (χ4v) is 2.57. The van der Waals surface area contributed by atoms with Gasteiger partial charge in [0.2, 0.25) is 5.91 Å². The molecule has 108 valence electrons. The van der Waals surface area contributed by atoms with Crippen LogP contribution in [0, 0.1) is 0 Å². The molecule has 1 atom stereocenters. The Morgan fingerprint density at radius 1 is 1.33 bits per heavy atom. The zero-order chi connectivity index (χ0) is 15.0. The maximum absolute atomic E-state index is 12.4. The van der Waals surface area contributed by atoms with Crippen LogP contribution in [0.1, 0.15) is 23.2 Å². The summed E-state index contributed by atoms with van der Waals surface area (Å²) in [6.07, 6.45) is 2.37. The largest absolute Gasteiger partial charge is 0.361 e. The number of carbonyl (C=O) groups is 3. The first-order chi connectivity index (χ1) is 10.1. The third-order valence-electron chi connectivity index (χ3n) is 3.79. The molecule has 0 saturated carbocycles. The molecule has 3 amide bonds. The Balaban J connectivity index is 1.82. The number of hydrogen-bond acceptors (Lipinski definition) is 3. The highest BCUT2D eigenvalue weighted by atomic mass is 16.2. The van der Waals surface area contributed by atoms with Gasteiger partial charge in [0.15, 0.2) is 0 Å². The van der Waals surface area contributed by atoms with E-state index in [2.05, 4.69) is 10.3 Å². The molecule has 0 radical (unpaired) electrons. The van der Waals surface area contributed by atoms with Gasteiger partial charge >= 0.3 is 0 Å². The standard InChI is InChI=1S/C15H15N3O3/c1-18-13(19)6-5-12(15(18)21)17-14(20)10-3-2-4-11-9(10)7-8-16-11/h2-4,7-8,12,16H,5-6H2,1H3,(H,17,20). The van der Waals surface area contributed by atoms with Crippen LogP contribution in [0.2, 0.25) is 0 Å². The van der Waals surface area contributed by atoms with E-state index in [-0.39, 0.29) is 24.1 Å². The number of carbonyl (C=O) groups excluding carboxylic acids is 3. The molecule has 0 spiro atoms. The van der Waals surface area contributed by atoms with E-state index in [1.165, 1.54) is 7.05 Å². The summed E-state index contributed by atoms with van der Waals surface area (Å²) in [5.74, 6) is -0.875. The molecule has 1 aliphatic heterocycles. The highest BCUT2D eigenvalue weighted by molar-refractivity contribution is 6.09. The molecule has 6 heteroatoms. The van der Waals surface area contributed by atoms with Gasteiger partial charge in [-0.15, -0.1) is 0 Å². The summed E-state index contributed by atoms with van der Waals surface area (Å²) in [4.78, 5) is 39.9. The van der Waals surface area contributed by atoms with E-state index in [0.29, 0.717) is 12.0 Å². The molecule has 3 rings (SSSR count). The summed E-state index contributed by atoms with van der Waals surface area (Å²) in [5, 5.41) is 3.53. The normalized spacial score (nSPS) is 19.1. The molecule has 1 aromatic carbocycles. The molecule has 6 nitrogen and oxygen atoms in total. The van der Waals surface area contributed by atoms with Gasteiger partial charge in [0.25, 0.3) is 11.8 Å². The Bertz CT molecular complexity index is 735. The maximum Gasteiger partial charge on any atom is 0.252 e. The van der Waals surface area contributed by atoms with Gasteiger partial charge in [-0.05, 0) is 24.6 Å². The van der Waals surface area contributed by atoms with Crippen molar-refractivity contribution in [2.75, 3.05) is 7.05 Å². The number of benzene rings is 1. The summed E-state index contributed by atoms with van der Waals surface area (Å²) in [5.41, 5.74) is 1.38. The van der Waals surface area contributed by atoms with Crippen molar-refractivity contribution < 1.29 is 14.4 Å². The van der Waals surface area contributed by atoms with Crippen molar-refractivity contribution in [1.82, 2.24) is 15.2 Å². The molecule has 1 aromatic heterocycles. The SMILES string of the molecule is CN1C(=O)CCC(NC(=O)c2cccc3[nH]ccc23)C1=O. The minimum absolute atomic E-state index is 0.210. The van der Waals surface area contributed by atoms with Gasteiger partial charge in [-0.1, -0.05) is 6.07 Å². The number of piperidine rings is 1. The minimum atomic E-state index is -0.644. The minimum Gasteiger partial charge on any atom is -0.361 e. The second kappa shape index (κ2) is 5.05. The van der Waals surface area contributed by atoms with E-state index in [9.17, 15) is 14.4 Å². The lowest BCUT2D eigenvalue weighted by molar-refractivity contribution is -0.147. The molecule has 2 N–H and O–H groups in total. The summed E-state index contributed by atoms with van der Waals surface area (Å²) < 4.78 is 0. The van der Waals surface area contributed by atoms with Crippen LogP contribution in [0.3, 0.4) is 0 Å². The zero-order valence-corrected chi connectivity index (χ0v) is 11.6. The Kier molecular flexibility index (Phi) is 3.21. The van der Waals surface area contributed by atoms with Gasteiger partial charge < -0.3 is 10.3 Å². The molecule has 1 aliphatic rings. The van der Waals surface area contributed by atoms with Crippen LogP contribution < -0.4 is 5.32 Å². The van der Waals surface area contributed by atoms with Crippen LogP contribution in [0.4, 0.5) is 0 Å². The van der Waals surface area contributed by atoms with Crippen LogP contribution >= 0.6 is 0 Å². The Labute approximate surface area is 121 Å². The number of nitrogens with zero attached hydrogens (tertiary/aromatic N) is 1. The molecule has 0 bridgehead atoms. The highest BCUT2D eigenvalue weighted by Gasteiger charge is 2.33. The van der Waals surface area contributed by atoms with Gasteiger partial charge in [-0.25, -0.2) is 0 Å². The fraction of sp³-hybridized carbons (Fsp3) is 0.267. The quantitative estimate of drug-likeness (QED) is 0.809. The molecule has 2 heterocycles. The van der Waals surface area contributed by atoms with Crippen molar-refractivity contribution in [3.63, 3.8) is 0 Å². The predicted octanol–water partition coefficient (Wildman–Crippen LogP) is 1.05. The smallest absolute Gasteiger partial charge is 0.252 e. The molecule has 0 aliphatic carbocycles. The lowest BCUT2D eigenvalue weighted by atomic mass is 10.0. The van der Waals surface area contributed by atoms with Crippen molar-refractivity contribution >= 4 is 28.6 Å². The first-order valence-corrected chi connectivity index (χ1v) is 6.75. The number of hydrogen-bond donors (Lipinski definition) is 2. The predicted molar refractivity (Wildman–Crippen MR) is 76.6 cm³/mol. The van der Waals surface area contributed by atoms with Crippen molar-refractivity contribution in [3.05, 3.63) is 36.0 Å². The number of imide groups is 1. The molecule has 1 fully saturated rings. The highest BCUT2D eigenvalue weighted by Crippen LogP contribution is 2.18. The fourth-order valence-electron chi connectivity index (χ4n) is 2.57. The van der Waals surface area contributed by atoms with Gasteiger partial charge in [-0.2, -0.15) is 0 Å². The Morgan fingerprint density at radius 2 is 2.14 bits per heavy atom. The van der Waals surface area contributed by atoms with Crippen LogP contribution in [-0.4, -0.2) is 40.7 Å². The third-order valence-corrected chi connectivity index (χ3v) is 3.79. The summed E-state index contributed by atoms with van der Waals surface area (Å²) in [7, 11) is 1.44. The average Bonchev–Trinajstić information content (AvgIpc) is 2.96. The van der Waals surface area contributed by atoms with E-state index in [4.69, 9.17) is 0 Å². The van der Waals surface area contributed by atoms with Crippen LogP contribution in [0.25, 0.3) is 10.9 Å². The Morgan fingerprint density at radius 3 is 2.95 bits per heavy atom. The average molecular weight is 285 g/mol. The molecule has 1 unspecified atom stereocenters. The third kappa shape index (κ3) is 2.29. The number of likely N-dealkylation sites (tertiary alicyclic amines) is 1. The van der Waals surface area contributed by atoms with Gasteiger partial charge in [0.05, 0.1) is 0 Å². The number of H-pyrrole nitrogens is 1. The lowest BCUT2D eigenvalue weighted by Gasteiger charge is -2.28. The number of rotatable bonds is 2. The zero-order valence-electron chi connectivity index (χ0n) is 11.6. The second-order valence-corrected chi connectivity index (χ2v) is 5.10. The molecule has 2 aromatic rings. The van der Waals surface area contributed by atoms with Crippen molar-refractivity contribution in [1.29, 1.82) is 0 Å². The van der Waals surface area contributed by atoms with Crippen LogP contribution in [0.15, 0.2) is 30.5 Å². The molecule has 21 heavy (non-hydrogen) atoms. The van der Waals surface area contributed by atoms with Gasteiger partial charge in [0.1, 0.15) is 6.04 Å². The van der Waals surface area contributed by atoms with Crippen LogP contribution in [-0.2, 0) is 9.59 Å². The summed E-state index contributed by atoms with van der Waals surface area (Å²) >= 11 is 0. The number of aromatic amines is 1. The first kappa shape index (κ1) is 13.4. The number of aromatic nitrogens is 1. The van der Waals surface area contributed by atoms with Crippen molar-refractivity contribution in [3.8, 4) is 0 Å². The Hall–Kier alpha value is -2.63. The van der Waals surface area contributed by atoms with E-state index in [1.807, 2.05) is 12.1 Å². The molecule has 1 saturated heterocycles. The lowest BCUT2D eigenvalue weighted by Crippen LogP contribution is -2.52. The van der Waals surface area contributed by atoms with E-state index in [0.717, 1.165) is 15.8 Å². The summed E-state index contributed by atoms with van der Waals surface area (Å²) in [6.45, 7) is 0. The number of amides is 3. The number of likely N-dealkylation sites (N-methyl/N-ethyl adjacent to an activating group) is 1. The molecular formula is C15H15N3O3. The monoisotopic (exact) mass is 285 g/mol. The first-order valence-electron chi connectivity index (χ1n) is 6.75. The van der Waals surface area contributed by atoms with Crippen LogP contribution in [0.5, 0.6) is 0 Å².